The Morgan fingerprint density at radius 3 is 2.68 bits per heavy atom. The van der Waals surface area contributed by atoms with Crippen molar-refractivity contribution in [2.45, 2.75) is 44.3 Å². The van der Waals surface area contributed by atoms with Crippen molar-refractivity contribution < 1.29 is 23.4 Å². The van der Waals surface area contributed by atoms with Gasteiger partial charge < -0.3 is 19.5 Å². The molecule has 10 nitrogen and oxygen atoms in total. The Balaban J connectivity index is 1.56. The van der Waals surface area contributed by atoms with E-state index in [1.807, 2.05) is 0 Å². The molecule has 0 saturated heterocycles. The van der Waals surface area contributed by atoms with Gasteiger partial charge in [-0.1, -0.05) is 30.5 Å². The number of carbonyl (C=O) groups is 1. The molecule has 1 aliphatic carbocycles. The molecule has 2 amide bonds. The lowest BCUT2D eigenvalue weighted by Gasteiger charge is -2.36. The van der Waals surface area contributed by atoms with Gasteiger partial charge in [-0.15, -0.1) is 6.58 Å². The van der Waals surface area contributed by atoms with E-state index in [9.17, 15) is 4.79 Å². The summed E-state index contributed by atoms with van der Waals surface area (Å²) >= 11 is 6.42. The van der Waals surface area contributed by atoms with Crippen LogP contribution < -0.4 is 29.9 Å². The minimum atomic E-state index is -0.759. The fourth-order valence-corrected chi connectivity index (χ4v) is 5.00. The third-order valence-corrected chi connectivity index (χ3v) is 6.96. The number of nitrogens with one attached hydrogen (secondary N) is 2. The van der Waals surface area contributed by atoms with Gasteiger partial charge in [0.25, 0.3) is 0 Å². The summed E-state index contributed by atoms with van der Waals surface area (Å²) in [6, 6.07) is 1.15. The van der Waals surface area contributed by atoms with Crippen molar-refractivity contribution in [3.8, 4) is 11.5 Å². The van der Waals surface area contributed by atoms with Gasteiger partial charge in [-0.3, -0.25) is 15.1 Å². The molecule has 0 bridgehead atoms. The van der Waals surface area contributed by atoms with Gasteiger partial charge in [0.05, 0.1) is 34.1 Å². The highest BCUT2D eigenvalue weighted by atomic mass is 35.5. The number of nitrogens with zero attached hydrogens (tertiary/aromatic N) is 4. The molecule has 1 aromatic heterocycles. The number of anilines is 3. The molecular weight excluding hydrogens is 503 g/mol. The molecule has 1 aliphatic heterocycles. The van der Waals surface area contributed by atoms with Gasteiger partial charge in [0.15, 0.2) is 11.6 Å². The maximum atomic E-state index is 15.3. The Labute approximate surface area is 220 Å². The molecule has 0 radical (unpaired) electrons. The minimum Gasteiger partial charge on any atom is -0.495 e. The standard InChI is InChI=1S/C25H32ClFN6O4/c1-5-10-37-14-29-16-8-6-7-9-17(16)30-24-28-12-15-13-33(25(34)32(2)23(15)31-24)22-20(26)18(35-3)11-19(36-4)21(22)27/h5,11-12,16-17,29H,1,6-10,13-14H2,2-4H3,(H,28,30,31)/t16-,17+/m0/s1. The number of methoxy groups -OCH3 is 2. The predicted molar refractivity (Wildman–Crippen MR) is 140 cm³/mol. The SMILES string of the molecule is C=CCOCN[C@H]1CCCC[C@H]1Nc1ncc2c(n1)N(C)C(=O)N(c1c(F)c(OC)cc(OC)c1Cl)C2. The number of fused-ring (bicyclic) bond motifs is 1. The fraction of sp³-hybridized carbons (Fsp3) is 0.480. The number of ether oxygens (including phenoxy) is 3. The number of halogens is 2. The number of benzene rings is 1. The number of amides is 2. The molecule has 0 unspecified atom stereocenters. The molecule has 0 spiro atoms. The number of urea groups is 1. The summed E-state index contributed by atoms with van der Waals surface area (Å²) in [7, 11) is 4.32. The maximum absolute atomic E-state index is 15.3. The van der Waals surface area contributed by atoms with Crippen molar-refractivity contribution in [1.29, 1.82) is 0 Å². The second kappa shape index (κ2) is 11.9. The molecule has 37 heavy (non-hydrogen) atoms. The topological polar surface area (TPSA) is 101 Å². The van der Waals surface area contributed by atoms with E-state index in [0.29, 0.717) is 30.7 Å². The highest BCUT2D eigenvalue weighted by molar-refractivity contribution is 6.35. The molecule has 200 valence electrons. The summed E-state index contributed by atoms with van der Waals surface area (Å²) in [5.41, 5.74) is 0.512. The van der Waals surface area contributed by atoms with E-state index in [2.05, 4.69) is 27.2 Å². The summed E-state index contributed by atoms with van der Waals surface area (Å²) in [6.45, 7) is 4.61. The lowest BCUT2D eigenvalue weighted by Crippen LogP contribution is -2.48. The number of hydrogen-bond acceptors (Lipinski definition) is 8. The van der Waals surface area contributed by atoms with Crippen LogP contribution in [-0.4, -0.2) is 62.7 Å². The molecule has 12 heteroatoms. The van der Waals surface area contributed by atoms with Crippen LogP contribution in [0, 0.1) is 5.82 Å². The van der Waals surface area contributed by atoms with Crippen molar-refractivity contribution in [3.05, 3.63) is 41.3 Å². The van der Waals surface area contributed by atoms with Gasteiger partial charge in [-0.25, -0.2) is 14.2 Å². The van der Waals surface area contributed by atoms with Crippen molar-refractivity contribution in [2.24, 2.45) is 0 Å². The molecule has 1 aromatic carbocycles. The first-order valence-electron chi connectivity index (χ1n) is 12.1. The first kappa shape index (κ1) is 26.9. The van der Waals surface area contributed by atoms with Crippen molar-refractivity contribution in [3.63, 3.8) is 0 Å². The van der Waals surface area contributed by atoms with Crippen LogP contribution in [0.5, 0.6) is 11.5 Å². The van der Waals surface area contributed by atoms with E-state index < -0.39 is 11.8 Å². The molecule has 1 saturated carbocycles. The van der Waals surface area contributed by atoms with Gasteiger partial charge >= 0.3 is 6.03 Å². The predicted octanol–water partition coefficient (Wildman–Crippen LogP) is 4.34. The lowest BCUT2D eigenvalue weighted by molar-refractivity contribution is 0.123. The Morgan fingerprint density at radius 1 is 1.24 bits per heavy atom. The summed E-state index contributed by atoms with van der Waals surface area (Å²) in [4.78, 5) is 25.1. The van der Waals surface area contributed by atoms with Gasteiger partial charge in [-0.2, -0.15) is 4.98 Å². The minimum absolute atomic E-state index is 0.0278. The number of rotatable bonds is 10. The highest BCUT2D eigenvalue weighted by Gasteiger charge is 2.36. The number of carbonyl (C=O) groups excluding carboxylic acids is 1. The first-order valence-corrected chi connectivity index (χ1v) is 12.5. The van der Waals surface area contributed by atoms with E-state index >= 15 is 4.39 Å². The van der Waals surface area contributed by atoms with E-state index in [1.54, 1.807) is 19.3 Å². The molecule has 4 rings (SSSR count). The van der Waals surface area contributed by atoms with Gasteiger partial charge in [-0.05, 0) is 12.8 Å². The molecule has 1 fully saturated rings. The highest BCUT2D eigenvalue weighted by Crippen LogP contribution is 2.44. The smallest absolute Gasteiger partial charge is 0.330 e. The summed E-state index contributed by atoms with van der Waals surface area (Å²) in [6.07, 6.45) is 7.54. The van der Waals surface area contributed by atoms with Crippen LogP contribution in [0.4, 0.5) is 26.6 Å². The maximum Gasteiger partial charge on any atom is 0.330 e. The molecule has 2 heterocycles. The normalized spacial score (nSPS) is 19.4. The summed E-state index contributed by atoms with van der Waals surface area (Å²) < 4.78 is 31.1. The van der Waals surface area contributed by atoms with Crippen LogP contribution in [0.2, 0.25) is 5.02 Å². The van der Waals surface area contributed by atoms with Crippen molar-refractivity contribution in [1.82, 2.24) is 15.3 Å². The zero-order valence-electron chi connectivity index (χ0n) is 21.2. The third kappa shape index (κ3) is 5.58. The van der Waals surface area contributed by atoms with Gasteiger partial charge in [0.1, 0.15) is 22.3 Å². The second-order valence-electron chi connectivity index (χ2n) is 8.88. The van der Waals surface area contributed by atoms with Crippen molar-refractivity contribution >= 4 is 35.1 Å². The van der Waals surface area contributed by atoms with E-state index in [-0.39, 0.29) is 40.8 Å². The van der Waals surface area contributed by atoms with Crippen LogP contribution in [0.15, 0.2) is 24.9 Å². The summed E-state index contributed by atoms with van der Waals surface area (Å²) in [5.74, 6) is 0.214. The first-order chi connectivity index (χ1) is 17.9. The van der Waals surface area contributed by atoms with Crippen LogP contribution in [0.25, 0.3) is 0 Å². The monoisotopic (exact) mass is 534 g/mol. The van der Waals surface area contributed by atoms with Crippen LogP contribution in [0.3, 0.4) is 0 Å². The lowest BCUT2D eigenvalue weighted by atomic mass is 9.90. The van der Waals surface area contributed by atoms with Crippen molar-refractivity contribution in [2.75, 3.05) is 49.7 Å². The summed E-state index contributed by atoms with van der Waals surface area (Å²) in [5, 5.41) is 6.82. The largest absolute Gasteiger partial charge is 0.495 e. The van der Waals surface area contributed by atoms with Crippen LogP contribution in [0.1, 0.15) is 31.2 Å². The Bertz CT molecular complexity index is 1120. The molecule has 2 aromatic rings. The third-order valence-electron chi connectivity index (χ3n) is 6.59. The zero-order chi connectivity index (χ0) is 26.5. The van der Waals surface area contributed by atoms with Gasteiger partial charge in [0.2, 0.25) is 5.95 Å². The van der Waals surface area contributed by atoms with Crippen LogP contribution in [-0.2, 0) is 11.3 Å². The van der Waals surface area contributed by atoms with E-state index in [1.165, 1.54) is 30.1 Å². The van der Waals surface area contributed by atoms with Gasteiger partial charge in [0, 0.05) is 37.0 Å². The van der Waals surface area contributed by atoms with E-state index in [0.717, 1.165) is 25.7 Å². The Kier molecular flexibility index (Phi) is 8.67. The quantitative estimate of drug-likeness (QED) is 0.264. The Hall–Kier alpha value is -3.15. The number of aromatic nitrogens is 2. The zero-order valence-corrected chi connectivity index (χ0v) is 22.0. The molecular formula is C25H32ClFN6O4. The molecule has 2 aliphatic rings. The molecule has 2 atom stereocenters. The number of hydrogen-bond donors (Lipinski definition) is 2. The Morgan fingerprint density at radius 2 is 1.97 bits per heavy atom. The second-order valence-corrected chi connectivity index (χ2v) is 9.26. The average Bonchev–Trinajstić information content (AvgIpc) is 2.91. The fourth-order valence-electron chi connectivity index (χ4n) is 4.69. The van der Waals surface area contributed by atoms with E-state index in [4.69, 9.17) is 25.8 Å². The average molecular weight is 535 g/mol. The molecule has 2 N–H and O–H groups in total. The van der Waals surface area contributed by atoms with Crippen LogP contribution >= 0.6 is 11.6 Å².